The average Bonchev–Trinajstić information content (AvgIpc) is 2.15. The van der Waals surface area contributed by atoms with Gasteiger partial charge in [0.25, 0.3) is 0 Å². The molecule has 2 nitrogen and oxygen atoms in total. The summed E-state index contributed by atoms with van der Waals surface area (Å²) in [6.45, 7) is 6.56. The molecule has 2 heteroatoms. The summed E-state index contributed by atoms with van der Waals surface area (Å²) in [6.07, 6.45) is 6.77. The molecule has 0 aromatic carbocycles. The van der Waals surface area contributed by atoms with Crippen LogP contribution in [0.2, 0.25) is 0 Å². The highest BCUT2D eigenvalue weighted by Gasteiger charge is 2.20. The number of rotatable bonds is 5. The van der Waals surface area contributed by atoms with E-state index in [-0.39, 0.29) is 0 Å². The van der Waals surface area contributed by atoms with E-state index < -0.39 is 0 Å². The summed E-state index contributed by atoms with van der Waals surface area (Å²) >= 11 is 0. The minimum atomic E-state index is 0.464. The number of nitrogens with one attached hydrogen (secondary N) is 1. The lowest BCUT2D eigenvalue weighted by Gasteiger charge is -2.29. The van der Waals surface area contributed by atoms with Crippen LogP contribution in [0.4, 0.5) is 0 Å². The van der Waals surface area contributed by atoms with Crippen molar-refractivity contribution < 1.29 is 4.74 Å². The first-order chi connectivity index (χ1) is 6.34. The molecule has 1 N–H and O–H groups in total. The van der Waals surface area contributed by atoms with E-state index in [1.54, 1.807) is 0 Å². The Balaban J connectivity index is 2.05. The first kappa shape index (κ1) is 11.0. The van der Waals surface area contributed by atoms with E-state index in [0.29, 0.717) is 12.1 Å². The standard InChI is InChI=1S/C11H23NO/c1-3-4-5-9-13-11-7-6-8-12-10(11)2/h10-12H,3-9H2,1-2H3. The Morgan fingerprint density at radius 2 is 2.23 bits per heavy atom. The molecule has 0 aliphatic carbocycles. The largest absolute Gasteiger partial charge is 0.377 e. The minimum absolute atomic E-state index is 0.464. The molecule has 0 aromatic heterocycles. The number of unbranched alkanes of at least 4 members (excludes halogenated alkanes) is 2. The van der Waals surface area contributed by atoms with Crippen LogP contribution in [0.25, 0.3) is 0 Å². The van der Waals surface area contributed by atoms with Gasteiger partial charge in [-0.15, -0.1) is 0 Å². The maximum Gasteiger partial charge on any atom is 0.0725 e. The summed E-state index contributed by atoms with van der Waals surface area (Å²) in [4.78, 5) is 0. The maximum absolute atomic E-state index is 5.83. The normalized spacial score (nSPS) is 29.1. The second-order valence-electron chi connectivity index (χ2n) is 4.00. The van der Waals surface area contributed by atoms with Crippen LogP contribution < -0.4 is 5.32 Å². The summed E-state index contributed by atoms with van der Waals surface area (Å²) in [5.41, 5.74) is 0. The van der Waals surface area contributed by atoms with Gasteiger partial charge < -0.3 is 10.1 Å². The van der Waals surface area contributed by atoms with Crippen LogP contribution in [0.3, 0.4) is 0 Å². The molecular formula is C11H23NO. The van der Waals surface area contributed by atoms with Crippen molar-refractivity contribution in [2.45, 2.75) is 58.1 Å². The van der Waals surface area contributed by atoms with Crippen LogP contribution in [0, 0.1) is 0 Å². The zero-order valence-corrected chi connectivity index (χ0v) is 9.01. The van der Waals surface area contributed by atoms with Crippen LogP contribution in [0.1, 0.15) is 46.0 Å². The Kier molecular flexibility index (Phi) is 5.40. The molecule has 1 aliphatic heterocycles. The quantitative estimate of drug-likeness (QED) is 0.664. The molecular weight excluding hydrogens is 162 g/mol. The van der Waals surface area contributed by atoms with Gasteiger partial charge in [0.05, 0.1) is 6.10 Å². The Bertz CT molecular complexity index is 127. The second kappa shape index (κ2) is 6.39. The zero-order chi connectivity index (χ0) is 9.52. The van der Waals surface area contributed by atoms with Gasteiger partial charge in [0.15, 0.2) is 0 Å². The highest BCUT2D eigenvalue weighted by atomic mass is 16.5. The molecule has 1 aliphatic rings. The van der Waals surface area contributed by atoms with Gasteiger partial charge in [-0.05, 0) is 32.7 Å². The highest BCUT2D eigenvalue weighted by Crippen LogP contribution is 2.12. The van der Waals surface area contributed by atoms with E-state index >= 15 is 0 Å². The van der Waals surface area contributed by atoms with Crippen molar-refractivity contribution in [2.75, 3.05) is 13.2 Å². The van der Waals surface area contributed by atoms with Gasteiger partial charge in [0.2, 0.25) is 0 Å². The molecule has 1 saturated heterocycles. The minimum Gasteiger partial charge on any atom is -0.377 e. The molecule has 0 radical (unpaired) electrons. The highest BCUT2D eigenvalue weighted by molar-refractivity contribution is 4.77. The van der Waals surface area contributed by atoms with Gasteiger partial charge in [-0.1, -0.05) is 19.8 Å². The fourth-order valence-electron chi connectivity index (χ4n) is 1.83. The number of ether oxygens (including phenoxy) is 1. The third-order valence-corrected chi connectivity index (χ3v) is 2.77. The van der Waals surface area contributed by atoms with E-state index in [1.165, 1.54) is 32.1 Å². The first-order valence-electron chi connectivity index (χ1n) is 5.69. The predicted octanol–water partition coefficient (Wildman–Crippen LogP) is 2.33. The molecule has 1 fully saturated rings. The third-order valence-electron chi connectivity index (χ3n) is 2.77. The Morgan fingerprint density at radius 3 is 2.92 bits per heavy atom. The molecule has 0 spiro atoms. The van der Waals surface area contributed by atoms with Gasteiger partial charge in [0, 0.05) is 12.6 Å². The number of piperidine rings is 1. The predicted molar refractivity (Wildman–Crippen MR) is 56.0 cm³/mol. The Morgan fingerprint density at radius 1 is 1.38 bits per heavy atom. The zero-order valence-electron chi connectivity index (χ0n) is 9.01. The lowest BCUT2D eigenvalue weighted by atomic mass is 10.0. The Labute approximate surface area is 82.0 Å². The molecule has 2 unspecified atom stereocenters. The summed E-state index contributed by atoms with van der Waals surface area (Å²) in [5.74, 6) is 0. The SMILES string of the molecule is CCCCCOC1CCCNC1C. The van der Waals surface area contributed by atoms with Gasteiger partial charge >= 0.3 is 0 Å². The smallest absolute Gasteiger partial charge is 0.0725 e. The van der Waals surface area contributed by atoms with Gasteiger partial charge in [0.1, 0.15) is 0 Å². The first-order valence-corrected chi connectivity index (χ1v) is 5.69. The molecule has 0 saturated carbocycles. The summed E-state index contributed by atoms with van der Waals surface area (Å²) in [6, 6.07) is 0.551. The molecule has 1 rings (SSSR count). The maximum atomic E-state index is 5.83. The van der Waals surface area contributed by atoms with E-state index in [0.717, 1.165) is 13.2 Å². The van der Waals surface area contributed by atoms with Crippen LogP contribution in [-0.2, 0) is 4.74 Å². The lowest BCUT2D eigenvalue weighted by molar-refractivity contribution is 0.0109. The van der Waals surface area contributed by atoms with Crippen molar-refractivity contribution in [1.29, 1.82) is 0 Å². The molecule has 0 aromatic rings. The van der Waals surface area contributed by atoms with E-state index in [1.807, 2.05) is 0 Å². The Hall–Kier alpha value is -0.0800. The average molecular weight is 185 g/mol. The molecule has 0 amide bonds. The molecule has 78 valence electrons. The number of hydrogen-bond donors (Lipinski definition) is 1. The van der Waals surface area contributed by atoms with Crippen LogP contribution in [0.15, 0.2) is 0 Å². The van der Waals surface area contributed by atoms with Crippen LogP contribution in [0.5, 0.6) is 0 Å². The molecule has 0 bridgehead atoms. The van der Waals surface area contributed by atoms with Gasteiger partial charge in [-0.2, -0.15) is 0 Å². The fourth-order valence-corrected chi connectivity index (χ4v) is 1.83. The van der Waals surface area contributed by atoms with Crippen molar-refractivity contribution in [1.82, 2.24) is 5.32 Å². The second-order valence-corrected chi connectivity index (χ2v) is 4.00. The summed E-state index contributed by atoms with van der Waals surface area (Å²) in [7, 11) is 0. The lowest BCUT2D eigenvalue weighted by Crippen LogP contribution is -2.44. The van der Waals surface area contributed by atoms with Crippen LogP contribution in [-0.4, -0.2) is 25.3 Å². The van der Waals surface area contributed by atoms with Crippen molar-refractivity contribution in [3.05, 3.63) is 0 Å². The number of hydrogen-bond acceptors (Lipinski definition) is 2. The van der Waals surface area contributed by atoms with Crippen molar-refractivity contribution in [2.24, 2.45) is 0 Å². The van der Waals surface area contributed by atoms with E-state index in [9.17, 15) is 0 Å². The fraction of sp³-hybridized carbons (Fsp3) is 1.00. The van der Waals surface area contributed by atoms with Crippen molar-refractivity contribution in [3.63, 3.8) is 0 Å². The summed E-state index contributed by atoms with van der Waals surface area (Å²) in [5, 5.41) is 3.45. The van der Waals surface area contributed by atoms with Crippen molar-refractivity contribution in [3.8, 4) is 0 Å². The van der Waals surface area contributed by atoms with Gasteiger partial charge in [-0.3, -0.25) is 0 Å². The van der Waals surface area contributed by atoms with Crippen LogP contribution >= 0.6 is 0 Å². The summed E-state index contributed by atoms with van der Waals surface area (Å²) < 4.78 is 5.83. The molecule has 1 heterocycles. The molecule has 13 heavy (non-hydrogen) atoms. The monoisotopic (exact) mass is 185 g/mol. The van der Waals surface area contributed by atoms with Gasteiger partial charge in [-0.25, -0.2) is 0 Å². The van der Waals surface area contributed by atoms with E-state index in [4.69, 9.17) is 4.74 Å². The topological polar surface area (TPSA) is 21.3 Å². The van der Waals surface area contributed by atoms with E-state index in [2.05, 4.69) is 19.2 Å². The van der Waals surface area contributed by atoms with Crippen molar-refractivity contribution >= 4 is 0 Å². The third kappa shape index (κ3) is 4.10. The molecule has 2 atom stereocenters.